The quantitative estimate of drug-likeness (QED) is 0.780. The molecule has 1 atom stereocenters. The molecule has 2 aromatic carbocycles. The fraction of sp³-hybridized carbons (Fsp3) is 0.286. The van der Waals surface area contributed by atoms with E-state index in [0.717, 1.165) is 12.0 Å². The molecule has 1 aliphatic heterocycles. The molecule has 7 nitrogen and oxygen atoms in total. The van der Waals surface area contributed by atoms with E-state index < -0.39 is 11.8 Å². The average Bonchev–Trinajstić information content (AvgIpc) is 3.14. The Bertz CT molecular complexity index is 882. The minimum Gasteiger partial charge on any atom is -0.494 e. The first-order valence-corrected chi connectivity index (χ1v) is 9.15. The zero-order valence-corrected chi connectivity index (χ0v) is 15.9. The first-order chi connectivity index (χ1) is 13.5. The van der Waals surface area contributed by atoms with E-state index in [2.05, 4.69) is 10.6 Å². The normalized spacial score (nSPS) is 14.5. The predicted octanol–water partition coefficient (Wildman–Crippen LogP) is 2.64. The summed E-state index contributed by atoms with van der Waals surface area (Å²) in [6, 6.07) is 14.1. The maximum Gasteiger partial charge on any atom is 0.313 e. The summed E-state index contributed by atoms with van der Waals surface area (Å²) in [6.07, 6.45) is 1.32. The second kappa shape index (κ2) is 8.56. The molecular formula is C21H23N3O4. The maximum absolute atomic E-state index is 12.2. The predicted molar refractivity (Wildman–Crippen MR) is 106 cm³/mol. The number of ether oxygens (including phenoxy) is 1. The van der Waals surface area contributed by atoms with Crippen LogP contribution in [0.1, 0.15) is 31.4 Å². The van der Waals surface area contributed by atoms with Gasteiger partial charge in [-0.2, -0.15) is 0 Å². The van der Waals surface area contributed by atoms with Crippen molar-refractivity contribution in [3.63, 3.8) is 0 Å². The van der Waals surface area contributed by atoms with Gasteiger partial charge in [0.2, 0.25) is 5.91 Å². The van der Waals surface area contributed by atoms with E-state index in [-0.39, 0.29) is 11.9 Å². The highest BCUT2D eigenvalue weighted by Gasteiger charge is 2.25. The smallest absolute Gasteiger partial charge is 0.313 e. The van der Waals surface area contributed by atoms with Crippen LogP contribution in [0.15, 0.2) is 48.5 Å². The van der Waals surface area contributed by atoms with E-state index in [1.54, 1.807) is 23.1 Å². The van der Waals surface area contributed by atoms with Crippen molar-refractivity contribution in [3.8, 4) is 5.75 Å². The molecule has 1 heterocycles. The fourth-order valence-electron chi connectivity index (χ4n) is 3.16. The van der Waals surface area contributed by atoms with E-state index >= 15 is 0 Å². The van der Waals surface area contributed by atoms with E-state index in [4.69, 9.17) is 4.74 Å². The highest BCUT2D eigenvalue weighted by molar-refractivity contribution is 6.39. The third-order valence-corrected chi connectivity index (χ3v) is 4.66. The summed E-state index contributed by atoms with van der Waals surface area (Å²) in [5.41, 5.74) is 1.98. The number of carbonyl (C=O) groups excluding carboxylic acids is 3. The summed E-state index contributed by atoms with van der Waals surface area (Å²) in [6.45, 7) is 2.45. The van der Waals surface area contributed by atoms with Gasteiger partial charge >= 0.3 is 11.8 Å². The monoisotopic (exact) mass is 381 g/mol. The zero-order chi connectivity index (χ0) is 20.1. The summed E-state index contributed by atoms with van der Waals surface area (Å²) in [4.78, 5) is 38.1. The molecule has 3 rings (SSSR count). The minimum absolute atomic E-state index is 0.0457. The van der Waals surface area contributed by atoms with Gasteiger partial charge in [0.15, 0.2) is 0 Å². The Kier molecular flexibility index (Phi) is 5.93. The van der Waals surface area contributed by atoms with Gasteiger partial charge in [-0.1, -0.05) is 30.3 Å². The lowest BCUT2D eigenvalue weighted by Gasteiger charge is -2.20. The first-order valence-electron chi connectivity index (χ1n) is 9.15. The summed E-state index contributed by atoms with van der Waals surface area (Å²) >= 11 is 0. The van der Waals surface area contributed by atoms with Gasteiger partial charge in [-0.3, -0.25) is 14.4 Å². The van der Waals surface area contributed by atoms with Gasteiger partial charge in [0.05, 0.1) is 18.8 Å². The van der Waals surface area contributed by atoms with Gasteiger partial charge in [0.25, 0.3) is 0 Å². The lowest BCUT2D eigenvalue weighted by atomic mass is 10.1. The number of nitrogens with zero attached hydrogens (tertiary/aromatic N) is 1. The van der Waals surface area contributed by atoms with Crippen molar-refractivity contribution in [1.82, 2.24) is 5.32 Å². The number of rotatable bonds is 5. The largest absolute Gasteiger partial charge is 0.494 e. The summed E-state index contributed by atoms with van der Waals surface area (Å²) in [5.74, 6) is -0.987. The Morgan fingerprint density at radius 1 is 1.11 bits per heavy atom. The molecule has 2 N–H and O–H groups in total. The van der Waals surface area contributed by atoms with Crippen LogP contribution in [0.4, 0.5) is 11.4 Å². The van der Waals surface area contributed by atoms with Crippen molar-refractivity contribution >= 4 is 29.1 Å². The topological polar surface area (TPSA) is 87.7 Å². The average molecular weight is 381 g/mol. The van der Waals surface area contributed by atoms with Crippen molar-refractivity contribution < 1.29 is 19.1 Å². The first kappa shape index (κ1) is 19.4. The second-order valence-corrected chi connectivity index (χ2v) is 6.60. The van der Waals surface area contributed by atoms with E-state index in [0.29, 0.717) is 30.1 Å². The van der Waals surface area contributed by atoms with Gasteiger partial charge in [-0.25, -0.2) is 0 Å². The third kappa shape index (κ3) is 4.31. The maximum atomic E-state index is 12.2. The van der Waals surface area contributed by atoms with Gasteiger partial charge < -0.3 is 20.3 Å². The van der Waals surface area contributed by atoms with Crippen LogP contribution >= 0.6 is 0 Å². The number of hydrogen-bond acceptors (Lipinski definition) is 4. The Balaban J connectivity index is 1.66. The molecular weight excluding hydrogens is 358 g/mol. The van der Waals surface area contributed by atoms with Gasteiger partial charge in [0.1, 0.15) is 5.75 Å². The molecule has 0 aromatic heterocycles. The van der Waals surface area contributed by atoms with E-state index in [9.17, 15) is 14.4 Å². The fourth-order valence-corrected chi connectivity index (χ4v) is 3.16. The molecule has 146 valence electrons. The van der Waals surface area contributed by atoms with Gasteiger partial charge in [-0.15, -0.1) is 0 Å². The highest BCUT2D eigenvalue weighted by atomic mass is 16.5. The molecule has 0 radical (unpaired) electrons. The minimum atomic E-state index is -0.769. The van der Waals surface area contributed by atoms with Crippen LogP contribution in [0, 0.1) is 0 Å². The molecule has 1 saturated heterocycles. The molecule has 0 spiro atoms. The third-order valence-electron chi connectivity index (χ3n) is 4.66. The summed E-state index contributed by atoms with van der Waals surface area (Å²) in [7, 11) is 1.50. The van der Waals surface area contributed by atoms with Crippen LogP contribution < -0.4 is 20.3 Å². The standard InChI is InChI=1S/C21H23N3O4/c1-14(15-7-4-3-5-8-15)22-20(26)21(27)23-16-10-11-17(18(13-16)28-2)24-12-6-9-19(24)25/h3-5,7-8,10-11,13-14H,6,9,12H2,1-2H3,(H,22,26)(H,23,27). The lowest BCUT2D eigenvalue weighted by molar-refractivity contribution is -0.136. The summed E-state index contributed by atoms with van der Waals surface area (Å²) < 4.78 is 5.37. The van der Waals surface area contributed by atoms with E-state index in [1.807, 2.05) is 37.3 Å². The van der Waals surface area contributed by atoms with Crippen molar-refractivity contribution in [2.24, 2.45) is 0 Å². The van der Waals surface area contributed by atoms with Crippen LogP contribution in [0.25, 0.3) is 0 Å². The number of methoxy groups -OCH3 is 1. The van der Waals surface area contributed by atoms with Gasteiger partial charge in [0, 0.05) is 24.7 Å². The molecule has 7 heteroatoms. The van der Waals surface area contributed by atoms with Gasteiger partial charge in [-0.05, 0) is 31.0 Å². The molecule has 0 aliphatic carbocycles. The van der Waals surface area contributed by atoms with Crippen molar-refractivity contribution in [2.45, 2.75) is 25.8 Å². The van der Waals surface area contributed by atoms with Crippen LogP contribution in [-0.2, 0) is 14.4 Å². The second-order valence-electron chi connectivity index (χ2n) is 6.60. The number of carbonyl (C=O) groups is 3. The van der Waals surface area contributed by atoms with Crippen LogP contribution in [0.3, 0.4) is 0 Å². The molecule has 28 heavy (non-hydrogen) atoms. The number of hydrogen-bond donors (Lipinski definition) is 2. The highest BCUT2D eigenvalue weighted by Crippen LogP contribution is 2.33. The number of anilines is 2. The number of nitrogens with one attached hydrogen (secondary N) is 2. The Morgan fingerprint density at radius 3 is 2.50 bits per heavy atom. The molecule has 1 unspecified atom stereocenters. The molecule has 2 aromatic rings. The Hall–Kier alpha value is -3.35. The van der Waals surface area contributed by atoms with Crippen molar-refractivity contribution in [3.05, 3.63) is 54.1 Å². The number of amides is 3. The molecule has 0 saturated carbocycles. The lowest BCUT2D eigenvalue weighted by Crippen LogP contribution is -2.36. The van der Waals surface area contributed by atoms with Crippen molar-refractivity contribution in [2.75, 3.05) is 23.9 Å². The van der Waals surface area contributed by atoms with E-state index in [1.165, 1.54) is 7.11 Å². The molecule has 1 aliphatic rings. The van der Waals surface area contributed by atoms with Crippen LogP contribution in [-0.4, -0.2) is 31.4 Å². The Morgan fingerprint density at radius 2 is 1.86 bits per heavy atom. The number of benzene rings is 2. The molecule has 0 bridgehead atoms. The molecule has 1 fully saturated rings. The van der Waals surface area contributed by atoms with Crippen LogP contribution in [0.5, 0.6) is 5.75 Å². The molecule has 3 amide bonds. The zero-order valence-electron chi connectivity index (χ0n) is 15.9. The van der Waals surface area contributed by atoms with Crippen LogP contribution in [0.2, 0.25) is 0 Å². The SMILES string of the molecule is COc1cc(NC(=O)C(=O)NC(C)c2ccccc2)ccc1N1CCCC1=O. The summed E-state index contributed by atoms with van der Waals surface area (Å²) in [5, 5.41) is 5.24. The Labute approximate surface area is 163 Å². The van der Waals surface area contributed by atoms with Crippen molar-refractivity contribution in [1.29, 1.82) is 0 Å².